The maximum Gasteiger partial charge on any atom is 0.306 e. The molecule has 0 aliphatic rings. The number of likely N-dealkylation sites (N-methyl/N-ethyl adjacent to an activating group) is 1. The predicted octanol–water partition coefficient (Wildman–Crippen LogP) is 4.90. The molecule has 0 N–H and O–H groups in total. The van der Waals surface area contributed by atoms with Gasteiger partial charge in [-0.3, -0.25) is 9.59 Å². The second-order valence-electron chi connectivity index (χ2n) is 11.0. The molecule has 226 valence electrons. The lowest BCUT2D eigenvalue weighted by Gasteiger charge is -2.34. The quantitative estimate of drug-likeness (QED) is 0.0686. The molecule has 0 aromatic rings. The number of hydrogen-bond acceptors (Lipinski definition) is 7. The van der Waals surface area contributed by atoms with Crippen molar-refractivity contribution in [1.82, 2.24) is 0 Å². The highest BCUT2D eigenvalue weighted by Crippen LogP contribution is 2.11. The molecule has 0 aliphatic heterocycles. The van der Waals surface area contributed by atoms with E-state index in [9.17, 15) is 19.5 Å². The van der Waals surface area contributed by atoms with Crippen molar-refractivity contribution >= 4 is 17.9 Å². The fourth-order valence-electron chi connectivity index (χ4n) is 3.94. The van der Waals surface area contributed by atoms with Crippen molar-refractivity contribution in [3.63, 3.8) is 0 Å². The van der Waals surface area contributed by atoms with Gasteiger partial charge in [-0.05, 0) is 38.5 Å². The van der Waals surface area contributed by atoms with Gasteiger partial charge in [0, 0.05) is 19.3 Å². The van der Waals surface area contributed by atoms with Gasteiger partial charge in [-0.2, -0.15) is 0 Å². The molecule has 0 rings (SSSR count). The van der Waals surface area contributed by atoms with Gasteiger partial charge in [0.05, 0.1) is 40.3 Å². The average Bonchev–Trinajstić information content (AvgIpc) is 2.86. The number of aliphatic carboxylic acids is 1. The number of esters is 2. The minimum atomic E-state index is -1.13. The van der Waals surface area contributed by atoms with Gasteiger partial charge in [-0.1, -0.05) is 70.3 Å². The van der Waals surface area contributed by atoms with Crippen LogP contribution in [0.25, 0.3) is 0 Å². The smallest absolute Gasteiger partial charge is 0.306 e. The standard InChI is InChI=1S/C31H55NO7/c1-6-8-9-10-11-12-13-14-15-16-17-18-19-20-22-30(34)39-27(26-38-29(33)21-7-2)25-37-24-23-28(31(35)36)32(3,4)5/h10-11,13-14,27-28H,6-9,12,15-26H2,1-5H3/b11-10-,14-13-. The molecular formula is C31H55NO7. The van der Waals surface area contributed by atoms with E-state index in [0.717, 1.165) is 44.9 Å². The molecule has 8 nitrogen and oxygen atoms in total. The number of allylic oxidation sites excluding steroid dienone is 4. The van der Waals surface area contributed by atoms with Gasteiger partial charge in [0.1, 0.15) is 12.6 Å². The number of carbonyl (C=O) groups is 3. The number of unbranched alkanes of at least 4 members (excludes halogenated alkanes) is 7. The number of carbonyl (C=O) groups excluding carboxylic acids is 3. The summed E-state index contributed by atoms with van der Waals surface area (Å²) in [6, 6.07) is -0.720. The molecule has 0 fully saturated rings. The van der Waals surface area contributed by atoms with Crippen LogP contribution in [-0.4, -0.2) is 75.5 Å². The van der Waals surface area contributed by atoms with Gasteiger partial charge in [0.2, 0.25) is 0 Å². The molecule has 0 aromatic heterocycles. The van der Waals surface area contributed by atoms with Crippen LogP contribution >= 0.6 is 0 Å². The summed E-state index contributed by atoms with van der Waals surface area (Å²) in [6.45, 7) is 4.21. The van der Waals surface area contributed by atoms with Crippen LogP contribution in [0, 0.1) is 0 Å². The van der Waals surface area contributed by atoms with Gasteiger partial charge >= 0.3 is 11.9 Å². The van der Waals surface area contributed by atoms with Crippen LogP contribution in [-0.2, 0) is 28.6 Å². The molecule has 2 atom stereocenters. The molecule has 0 bridgehead atoms. The summed E-state index contributed by atoms with van der Waals surface area (Å²) in [6.07, 6.45) is 20.6. The first-order valence-corrected chi connectivity index (χ1v) is 14.9. The minimum Gasteiger partial charge on any atom is -0.544 e. The first-order valence-electron chi connectivity index (χ1n) is 14.9. The molecule has 2 unspecified atom stereocenters. The Balaban J connectivity index is 4.27. The normalized spacial score (nSPS) is 13.6. The van der Waals surface area contributed by atoms with E-state index in [2.05, 4.69) is 31.2 Å². The van der Waals surface area contributed by atoms with Crippen LogP contribution in [0.5, 0.6) is 0 Å². The maximum atomic E-state index is 12.4. The molecule has 0 saturated heterocycles. The molecule has 0 heterocycles. The highest BCUT2D eigenvalue weighted by atomic mass is 16.6. The van der Waals surface area contributed by atoms with Crippen LogP contribution in [0.1, 0.15) is 104 Å². The molecule has 39 heavy (non-hydrogen) atoms. The summed E-state index contributed by atoms with van der Waals surface area (Å²) in [5, 5.41) is 11.4. The van der Waals surface area contributed by atoms with Gasteiger partial charge in [0.15, 0.2) is 6.10 Å². The van der Waals surface area contributed by atoms with Crippen LogP contribution in [0.2, 0.25) is 0 Å². The van der Waals surface area contributed by atoms with E-state index in [1.165, 1.54) is 19.3 Å². The fourth-order valence-corrected chi connectivity index (χ4v) is 3.94. The zero-order chi connectivity index (χ0) is 29.4. The van der Waals surface area contributed by atoms with Crippen molar-refractivity contribution in [2.45, 2.75) is 116 Å². The predicted molar refractivity (Wildman–Crippen MR) is 153 cm³/mol. The van der Waals surface area contributed by atoms with E-state index in [4.69, 9.17) is 14.2 Å². The zero-order valence-corrected chi connectivity index (χ0v) is 25.3. The molecule has 0 spiro atoms. The summed E-state index contributed by atoms with van der Waals surface area (Å²) >= 11 is 0. The zero-order valence-electron chi connectivity index (χ0n) is 25.3. The lowest BCUT2D eigenvalue weighted by molar-refractivity contribution is -0.889. The number of nitrogens with zero attached hydrogens (tertiary/aromatic N) is 1. The Morgan fingerprint density at radius 2 is 1.41 bits per heavy atom. The number of hydrogen-bond donors (Lipinski definition) is 0. The third-order valence-corrected chi connectivity index (χ3v) is 6.31. The highest BCUT2D eigenvalue weighted by molar-refractivity contribution is 5.70. The summed E-state index contributed by atoms with van der Waals surface area (Å²) < 4.78 is 16.6. The summed E-state index contributed by atoms with van der Waals surface area (Å²) in [5.41, 5.74) is 0. The molecular weight excluding hydrogens is 498 g/mol. The number of rotatable bonds is 25. The summed E-state index contributed by atoms with van der Waals surface area (Å²) in [5.74, 6) is -1.83. The molecule has 0 aromatic carbocycles. The SMILES string of the molecule is CCCC/C=C\C/C=C\CCCCCCCC(=O)OC(COCCC(C(=O)[O-])[N+](C)(C)C)COC(=O)CCC. The Kier molecular flexibility index (Phi) is 22.3. The Morgan fingerprint density at radius 1 is 0.769 bits per heavy atom. The topological polar surface area (TPSA) is 102 Å². The van der Waals surface area contributed by atoms with Crippen LogP contribution in [0.4, 0.5) is 0 Å². The van der Waals surface area contributed by atoms with Gasteiger partial charge in [-0.25, -0.2) is 0 Å². The van der Waals surface area contributed by atoms with E-state index in [-0.39, 0.29) is 42.7 Å². The number of carboxylic acids is 1. The Morgan fingerprint density at radius 3 is 2.03 bits per heavy atom. The molecule has 0 saturated carbocycles. The Hall–Kier alpha value is -2.19. The van der Waals surface area contributed by atoms with Crippen LogP contribution in [0.3, 0.4) is 0 Å². The third kappa shape index (κ3) is 22.3. The van der Waals surface area contributed by atoms with Crippen molar-refractivity contribution in [2.24, 2.45) is 0 Å². The van der Waals surface area contributed by atoms with Gasteiger partial charge < -0.3 is 28.6 Å². The van der Waals surface area contributed by atoms with Crippen molar-refractivity contribution in [3.8, 4) is 0 Å². The molecule has 0 radical (unpaired) electrons. The number of ether oxygens (including phenoxy) is 3. The molecule has 8 heteroatoms. The van der Waals surface area contributed by atoms with E-state index in [1.54, 1.807) is 21.1 Å². The number of quaternary nitrogens is 1. The maximum absolute atomic E-state index is 12.4. The largest absolute Gasteiger partial charge is 0.544 e. The van der Waals surface area contributed by atoms with E-state index >= 15 is 0 Å². The van der Waals surface area contributed by atoms with Crippen molar-refractivity contribution in [1.29, 1.82) is 0 Å². The lowest BCUT2D eigenvalue weighted by atomic mass is 10.1. The number of carboxylic acid groups (broad SMARTS) is 1. The van der Waals surface area contributed by atoms with Crippen LogP contribution < -0.4 is 5.11 Å². The Labute approximate surface area is 237 Å². The summed E-state index contributed by atoms with van der Waals surface area (Å²) in [4.78, 5) is 35.6. The lowest BCUT2D eigenvalue weighted by Crippen LogP contribution is -2.55. The average molecular weight is 554 g/mol. The van der Waals surface area contributed by atoms with Crippen LogP contribution in [0.15, 0.2) is 24.3 Å². The fraction of sp³-hybridized carbons (Fsp3) is 0.774. The highest BCUT2D eigenvalue weighted by Gasteiger charge is 2.25. The van der Waals surface area contributed by atoms with E-state index in [0.29, 0.717) is 19.3 Å². The summed E-state index contributed by atoms with van der Waals surface area (Å²) in [7, 11) is 5.35. The minimum absolute atomic E-state index is 0.0318. The molecule has 0 amide bonds. The molecule has 0 aliphatic carbocycles. The van der Waals surface area contributed by atoms with Crippen molar-refractivity contribution in [3.05, 3.63) is 24.3 Å². The second-order valence-corrected chi connectivity index (χ2v) is 11.0. The van der Waals surface area contributed by atoms with Crippen molar-refractivity contribution in [2.75, 3.05) is 41.0 Å². The van der Waals surface area contributed by atoms with Crippen molar-refractivity contribution < 1.29 is 38.2 Å². The second kappa shape index (κ2) is 23.7. The monoisotopic (exact) mass is 553 g/mol. The van der Waals surface area contributed by atoms with Gasteiger partial charge in [0.25, 0.3) is 0 Å². The third-order valence-electron chi connectivity index (χ3n) is 6.31. The van der Waals surface area contributed by atoms with Gasteiger partial charge in [-0.15, -0.1) is 0 Å². The van der Waals surface area contributed by atoms with E-state index in [1.807, 2.05) is 6.92 Å². The first-order chi connectivity index (χ1) is 18.6. The Bertz CT molecular complexity index is 712. The van der Waals surface area contributed by atoms with E-state index < -0.39 is 18.1 Å². The first kappa shape index (κ1) is 36.8.